The maximum atomic E-state index is 10.8. The van der Waals surface area contributed by atoms with Crippen molar-refractivity contribution in [3.8, 4) is 5.75 Å². The van der Waals surface area contributed by atoms with Crippen molar-refractivity contribution in [1.29, 1.82) is 0 Å². The molecule has 0 bridgehead atoms. The zero-order chi connectivity index (χ0) is 14.4. The molecule has 1 amide bonds. The van der Waals surface area contributed by atoms with Gasteiger partial charge < -0.3 is 20.5 Å². The van der Waals surface area contributed by atoms with Gasteiger partial charge in [-0.25, -0.2) is 0 Å². The predicted molar refractivity (Wildman–Crippen MR) is 76.5 cm³/mol. The van der Waals surface area contributed by atoms with E-state index in [1.165, 1.54) is 12.8 Å². The van der Waals surface area contributed by atoms with Crippen molar-refractivity contribution in [3.63, 3.8) is 0 Å². The summed E-state index contributed by atoms with van der Waals surface area (Å²) in [6, 6.07) is 7.21. The molecular weight excluding hydrogens is 256 g/mol. The molecule has 1 aromatic rings. The molecule has 0 saturated carbocycles. The molecule has 1 atom stereocenters. The van der Waals surface area contributed by atoms with Crippen molar-refractivity contribution in [2.45, 2.75) is 25.4 Å². The van der Waals surface area contributed by atoms with Gasteiger partial charge >= 0.3 is 0 Å². The van der Waals surface area contributed by atoms with E-state index in [4.69, 9.17) is 10.5 Å². The van der Waals surface area contributed by atoms with Gasteiger partial charge in [-0.3, -0.25) is 4.79 Å². The summed E-state index contributed by atoms with van der Waals surface area (Å²) in [6.45, 7) is 3.09. The molecule has 0 radical (unpaired) electrons. The molecule has 1 heterocycles. The number of carbonyl (C=O) groups is 1. The Labute approximate surface area is 119 Å². The molecule has 20 heavy (non-hydrogen) atoms. The van der Waals surface area contributed by atoms with Crippen LogP contribution in [0.2, 0.25) is 0 Å². The second-order valence-corrected chi connectivity index (χ2v) is 5.26. The number of β-amino-alcohol motifs (C(OH)–C–C–N with tert-alkyl or cyclic N) is 1. The summed E-state index contributed by atoms with van der Waals surface area (Å²) >= 11 is 0. The molecule has 2 rings (SSSR count). The van der Waals surface area contributed by atoms with Crippen LogP contribution in [0.25, 0.3) is 0 Å². The van der Waals surface area contributed by atoms with Crippen LogP contribution >= 0.6 is 0 Å². The average Bonchev–Trinajstić information content (AvgIpc) is 2.90. The van der Waals surface area contributed by atoms with E-state index in [0.717, 1.165) is 18.7 Å². The summed E-state index contributed by atoms with van der Waals surface area (Å²) in [5, 5.41) is 9.92. The molecule has 1 saturated heterocycles. The molecule has 1 unspecified atom stereocenters. The number of nitrogens with zero attached hydrogens (tertiary/aromatic N) is 1. The van der Waals surface area contributed by atoms with Crippen LogP contribution in [0.1, 0.15) is 18.4 Å². The number of hydrogen-bond acceptors (Lipinski definition) is 4. The zero-order valence-corrected chi connectivity index (χ0v) is 11.6. The summed E-state index contributed by atoms with van der Waals surface area (Å²) in [5.74, 6) is 0.346. The van der Waals surface area contributed by atoms with Crippen LogP contribution in [0.4, 0.5) is 0 Å². The zero-order valence-electron chi connectivity index (χ0n) is 11.6. The molecule has 1 aliphatic heterocycles. The Morgan fingerprint density at radius 1 is 1.30 bits per heavy atom. The van der Waals surface area contributed by atoms with E-state index in [1.54, 1.807) is 12.1 Å². The van der Waals surface area contributed by atoms with Crippen LogP contribution < -0.4 is 10.5 Å². The lowest BCUT2D eigenvalue weighted by Gasteiger charge is -2.19. The minimum Gasteiger partial charge on any atom is -0.491 e. The van der Waals surface area contributed by atoms with Gasteiger partial charge in [0.2, 0.25) is 5.91 Å². The molecule has 5 nitrogen and oxygen atoms in total. The van der Waals surface area contributed by atoms with Crippen LogP contribution in [-0.4, -0.2) is 48.3 Å². The minimum atomic E-state index is -0.474. The second-order valence-electron chi connectivity index (χ2n) is 5.26. The molecule has 0 aromatic heterocycles. The lowest BCUT2D eigenvalue weighted by atomic mass is 10.1. The molecule has 1 fully saturated rings. The summed E-state index contributed by atoms with van der Waals surface area (Å²) in [6.07, 6.45) is 2.19. The predicted octanol–water partition coefficient (Wildman–Crippen LogP) is 0.550. The number of carbonyl (C=O) groups excluding carboxylic acids is 1. The summed E-state index contributed by atoms with van der Waals surface area (Å²) in [5.41, 5.74) is 5.99. The van der Waals surface area contributed by atoms with Gasteiger partial charge in [0.25, 0.3) is 0 Å². The lowest BCUT2D eigenvalue weighted by Crippen LogP contribution is -2.33. The molecule has 1 aromatic carbocycles. The van der Waals surface area contributed by atoms with E-state index in [-0.39, 0.29) is 18.9 Å². The van der Waals surface area contributed by atoms with Gasteiger partial charge in [0, 0.05) is 6.54 Å². The Morgan fingerprint density at radius 2 is 1.95 bits per heavy atom. The molecule has 3 N–H and O–H groups in total. The summed E-state index contributed by atoms with van der Waals surface area (Å²) in [7, 11) is 0. The standard InChI is InChI=1S/C15H22N2O3/c16-15(19)9-12-3-5-14(6-4-12)20-11-13(18)10-17-7-1-2-8-17/h3-6,13,18H,1-2,7-11H2,(H2,16,19). The topological polar surface area (TPSA) is 75.8 Å². The SMILES string of the molecule is NC(=O)Cc1ccc(OCC(O)CN2CCCC2)cc1. The van der Waals surface area contributed by atoms with Crippen LogP contribution in [0.15, 0.2) is 24.3 Å². The molecule has 5 heteroatoms. The van der Waals surface area contributed by atoms with Crippen molar-refractivity contribution in [2.75, 3.05) is 26.2 Å². The number of rotatable bonds is 7. The Bertz CT molecular complexity index is 427. The largest absolute Gasteiger partial charge is 0.491 e. The number of aliphatic hydroxyl groups excluding tert-OH is 1. The van der Waals surface area contributed by atoms with Crippen LogP contribution in [0.3, 0.4) is 0 Å². The van der Waals surface area contributed by atoms with E-state index in [2.05, 4.69) is 4.90 Å². The van der Waals surface area contributed by atoms with Gasteiger partial charge in [-0.2, -0.15) is 0 Å². The Hall–Kier alpha value is -1.59. The first-order valence-corrected chi connectivity index (χ1v) is 7.04. The number of benzene rings is 1. The van der Waals surface area contributed by atoms with Crippen LogP contribution in [0.5, 0.6) is 5.75 Å². The Morgan fingerprint density at radius 3 is 2.55 bits per heavy atom. The molecule has 0 spiro atoms. The van der Waals surface area contributed by atoms with E-state index >= 15 is 0 Å². The maximum absolute atomic E-state index is 10.8. The van der Waals surface area contributed by atoms with E-state index in [0.29, 0.717) is 12.3 Å². The normalized spacial score (nSPS) is 17.1. The number of hydrogen-bond donors (Lipinski definition) is 2. The first kappa shape index (κ1) is 14.8. The van der Waals surface area contributed by atoms with E-state index < -0.39 is 6.10 Å². The summed E-state index contributed by atoms with van der Waals surface area (Å²) < 4.78 is 5.55. The fraction of sp³-hybridized carbons (Fsp3) is 0.533. The third-order valence-corrected chi connectivity index (χ3v) is 3.41. The highest BCUT2D eigenvalue weighted by molar-refractivity contribution is 5.76. The smallest absolute Gasteiger partial charge is 0.221 e. The number of amides is 1. The van der Waals surface area contributed by atoms with Gasteiger partial charge in [-0.05, 0) is 43.6 Å². The highest BCUT2D eigenvalue weighted by atomic mass is 16.5. The van der Waals surface area contributed by atoms with Gasteiger partial charge in [0.05, 0.1) is 6.42 Å². The van der Waals surface area contributed by atoms with Crippen molar-refractivity contribution in [3.05, 3.63) is 29.8 Å². The summed E-state index contributed by atoms with van der Waals surface area (Å²) in [4.78, 5) is 13.0. The highest BCUT2D eigenvalue weighted by Crippen LogP contribution is 2.13. The number of aliphatic hydroxyl groups is 1. The van der Waals surface area contributed by atoms with Gasteiger partial charge in [-0.1, -0.05) is 12.1 Å². The first-order valence-electron chi connectivity index (χ1n) is 7.04. The number of likely N-dealkylation sites (tertiary alicyclic amines) is 1. The number of ether oxygens (including phenoxy) is 1. The number of nitrogens with two attached hydrogens (primary N) is 1. The van der Waals surface area contributed by atoms with Crippen molar-refractivity contribution in [2.24, 2.45) is 5.73 Å². The molecule has 110 valence electrons. The lowest BCUT2D eigenvalue weighted by molar-refractivity contribution is -0.117. The van der Waals surface area contributed by atoms with Gasteiger partial charge in [0.1, 0.15) is 18.5 Å². The molecule has 1 aliphatic rings. The number of primary amides is 1. The third-order valence-electron chi connectivity index (χ3n) is 3.41. The van der Waals surface area contributed by atoms with Crippen LogP contribution in [0, 0.1) is 0 Å². The Balaban J connectivity index is 1.73. The second kappa shape index (κ2) is 7.26. The van der Waals surface area contributed by atoms with Crippen molar-refractivity contribution < 1.29 is 14.6 Å². The maximum Gasteiger partial charge on any atom is 0.221 e. The van der Waals surface area contributed by atoms with Crippen molar-refractivity contribution in [1.82, 2.24) is 4.90 Å². The van der Waals surface area contributed by atoms with E-state index in [9.17, 15) is 9.90 Å². The minimum absolute atomic E-state index is 0.234. The van der Waals surface area contributed by atoms with Crippen molar-refractivity contribution >= 4 is 5.91 Å². The fourth-order valence-corrected chi connectivity index (χ4v) is 2.41. The van der Waals surface area contributed by atoms with E-state index in [1.807, 2.05) is 12.1 Å². The third kappa shape index (κ3) is 4.83. The average molecular weight is 278 g/mol. The monoisotopic (exact) mass is 278 g/mol. The fourth-order valence-electron chi connectivity index (χ4n) is 2.41. The Kier molecular flexibility index (Phi) is 5.38. The quantitative estimate of drug-likeness (QED) is 0.763. The highest BCUT2D eigenvalue weighted by Gasteiger charge is 2.16. The van der Waals surface area contributed by atoms with Gasteiger partial charge in [-0.15, -0.1) is 0 Å². The first-order chi connectivity index (χ1) is 9.63. The molecule has 0 aliphatic carbocycles. The van der Waals surface area contributed by atoms with Crippen LogP contribution in [-0.2, 0) is 11.2 Å². The molecular formula is C15H22N2O3. The van der Waals surface area contributed by atoms with Gasteiger partial charge in [0.15, 0.2) is 0 Å².